The summed E-state index contributed by atoms with van der Waals surface area (Å²) in [5, 5.41) is 8.24. The molecule has 0 aliphatic carbocycles. The first kappa shape index (κ1) is 14.2. The molecule has 16 heavy (non-hydrogen) atoms. The number of likely N-dealkylation sites (N-methyl/N-ethyl adjacent to an activating group) is 1. The highest BCUT2D eigenvalue weighted by Gasteiger charge is 2.15. The summed E-state index contributed by atoms with van der Waals surface area (Å²) in [5.74, 6) is -1.79. The molecule has 0 aliphatic heterocycles. The van der Waals surface area contributed by atoms with Gasteiger partial charge in [-0.05, 0) is 6.92 Å². The lowest BCUT2D eigenvalue weighted by atomic mass is 10.5. The predicted molar refractivity (Wildman–Crippen MR) is 51.4 cm³/mol. The van der Waals surface area contributed by atoms with Crippen molar-refractivity contribution in [3.05, 3.63) is 0 Å². The van der Waals surface area contributed by atoms with Crippen LogP contribution in [-0.2, 0) is 19.2 Å². The van der Waals surface area contributed by atoms with Gasteiger partial charge in [0.25, 0.3) is 0 Å². The molecule has 0 saturated heterocycles. The summed E-state index contributed by atoms with van der Waals surface area (Å²) >= 11 is 0. The molecule has 0 aromatic rings. The predicted octanol–water partition coefficient (Wildman–Crippen LogP) is -0.793. The highest BCUT2D eigenvalue weighted by molar-refractivity contribution is 5.80. The topological polar surface area (TPSA) is 105 Å². The molecule has 0 spiro atoms. The third-order valence-corrected chi connectivity index (χ3v) is 1.57. The lowest BCUT2D eigenvalue weighted by Gasteiger charge is -2.19. The number of carboxylic acid groups (broad SMARTS) is 1. The number of ether oxygens (including phenoxy) is 1. The molecule has 2 N–H and O–H groups in total. The maximum absolute atomic E-state index is 11.3. The number of hydroxylamine groups is 1. The minimum atomic E-state index is -1.21. The van der Waals surface area contributed by atoms with E-state index in [1.54, 1.807) is 6.92 Å². The van der Waals surface area contributed by atoms with Crippen molar-refractivity contribution in [3.8, 4) is 0 Å². The number of carbonyl (C=O) groups is 3. The van der Waals surface area contributed by atoms with Crippen LogP contribution in [0.1, 0.15) is 6.92 Å². The zero-order valence-electron chi connectivity index (χ0n) is 9.06. The Morgan fingerprint density at radius 2 is 2.00 bits per heavy atom. The number of hydrogen-bond donors (Lipinski definition) is 2. The summed E-state index contributed by atoms with van der Waals surface area (Å²) in [6.07, 6.45) is 0. The smallest absolute Gasteiger partial charge is 0.341 e. The molecule has 2 amide bonds. The van der Waals surface area contributed by atoms with Gasteiger partial charge in [0.2, 0.25) is 0 Å². The number of aliphatic carboxylic acids is 1. The Bertz CT molecular complexity index is 267. The Balaban J connectivity index is 4.00. The molecule has 0 bridgehead atoms. The Morgan fingerprint density at radius 3 is 2.44 bits per heavy atom. The van der Waals surface area contributed by atoms with Crippen LogP contribution in [0.3, 0.4) is 0 Å². The van der Waals surface area contributed by atoms with Gasteiger partial charge in [0.1, 0.15) is 6.54 Å². The molecular weight excluding hydrogens is 220 g/mol. The zero-order valence-corrected chi connectivity index (χ0v) is 9.06. The molecule has 0 rings (SSSR count). The number of esters is 1. The number of carboxylic acids is 1. The summed E-state index contributed by atoms with van der Waals surface area (Å²) in [6, 6.07) is -0.700. The van der Waals surface area contributed by atoms with Gasteiger partial charge in [-0.1, -0.05) is 0 Å². The number of carbonyl (C=O) groups excluding carboxylic acids is 2. The lowest BCUT2D eigenvalue weighted by Crippen LogP contribution is -2.43. The number of hydrogen-bond acceptors (Lipinski definition) is 5. The molecule has 0 heterocycles. The number of nitrogens with one attached hydrogen (secondary N) is 1. The molecule has 8 heteroatoms. The number of amides is 2. The Hall–Kier alpha value is -1.83. The average Bonchev–Trinajstić information content (AvgIpc) is 2.24. The average molecular weight is 234 g/mol. The third-order valence-electron chi connectivity index (χ3n) is 1.57. The number of urea groups is 1. The number of methoxy groups -OCH3 is 1. The SMILES string of the molecule is CCN(CC(=O)OC)C(=O)NOCC(=O)O. The maximum Gasteiger partial charge on any atom is 0.341 e. The molecule has 0 atom stereocenters. The lowest BCUT2D eigenvalue weighted by molar-refractivity contribution is -0.145. The normalized spacial score (nSPS) is 9.38. The minimum Gasteiger partial charge on any atom is -0.479 e. The maximum atomic E-state index is 11.3. The highest BCUT2D eigenvalue weighted by atomic mass is 16.7. The minimum absolute atomic E-state index is 0.227. The van der Waals surface area contributed by atoms with Gasteiger partial charge in [-0.2, -0.15) is 0 Å². The van der Waals surface area contributed by atoms with Crippen molar-refractivity contribution in [2.45, 2.75) is 6.92 Å². The second kappa shape index (κ2) is 7.46. The van der Waals surface area contributed by atoms with Gasteiger partial charge in [0, 0.05) is 6.54 Å². The third kappa shape index (κ3) is 5.81. The van der Waals surface area contributed by atoms with Crippen molar-refractivity contribution in [1.29, 1.82) is 0 Å². The Morgan fingerprint density at radius 1 is 1.38 bits per heavy atom. The first-order chi connectivity index (χ1) is 7.51. The summed E-state index contributed by atoms with van der Waals surface area (Å²) in [4.78, 5) is 37.7. The molecule has 0 radical (unpaired) electrons. The van der Waals surface area contributed by atoms with E-state index in [0.29, 0.717) is 0 Å². The molecule has 0 aromatic heterocycles. The summed E-state index contributed by atoms with van der Waals surface area (Å²) in [7, 11) is 1.20. The van der Waals surface area contributed by atoms with Crippen LogP contribution in [-0.4, -0.2) is 54.8 Å². The molecule has 0 unspecified atom stereocenters. The van der Waals surface area contributed by atoms with E-state index < -0.39 is 24.6 Å². The summed E-state index contributed by atoms with van der Waals surface area (Å²) in [6.45, 7) is 1.04. The largest absolute Gasteiger partial charge is 0.479 e. The molecular formula is C8H14N2O6. The van der Waals surface area contributed by atoms with Gasteiger partial charge in [-0.25, -0.2) is 15.1 Å². The van der Waals surface area contributed by atoms with Crippen molar-refractivity contribution in [1.82, 2.24) is 10.4 Å². The summed E-state index contributed by atoms with van der Waals surface area (Å²) < 4.78 is 4.38. The standard InChI is InChI=1S/C8H14N2O6/c1-3-10(4-7(13)15-2)8(14)9-16-5-6(11)12/h3-5H2,1-2H3,(H,9,14)(H,11,12). The second-order valence-corrected chi connectivity index (χ2v) is 2.68. The van der Waals surface area contributed by atoms with Gasteiger partial charge >= 0.3 is 18.0 Å². The van der Waals surface area contributed by atoms with E-state index in [9.17, 15) is 14.4 Å². The Labute approximate surface area is 92.1 Å². The van der Waals surface area contributed by atoms with Crippen LogP contribution < -0.4 is 5.48 Å². The van der Waals surface area contributed by atoms with Crippen LogP contribution in [0.4, 0.5) is 4.79 Å². The van der Waals surface area contributed by atoms with Crippen LogP contribution in [0.25, 0.3) is 0 Å². The molecule has 0 aromatic carbocycles. The van der Waals surface area contributed by atoms with Crippen LogP contribution in [0, 0.1) is 0 Å². The monoisotopic (exact) mass is 234 g/mol. The summed E-state index contributed by atoms with van der Waals surface area (Å²) in [5.41, 5.74) is 1.89. The fourth-order valence-electron chi connectivity index (χ4n) is 0.772. The van der Waals surface area contributed by atoms with Crippen molar-refractivity contribution in [2.24, 2.45) is 0 Å². The molecule has 0 fully saturated rings. The van der Waals surface area contributed by atoms with Crippen LogP contribution in [0.15, 0.2) is 0 Å². The quantitative estimate of drug-likeness (QED) is 0.460. The molecule has 8 nitrogen and oxygen atoms in total. The van der Waals surface area contributed by atoms with Crippen molar-refractivity contribution in [3.63, 3.8) is 0 Å². The van der Waals surface area contributed by atoms with Gasteiger partial charge in [0.15, 0.2) is 6.61 Å². The van der Waals surface area contributed by atoms with E-state index in [1.807, 2.05) is 5.48 Å². The zero-order chi connectivity index (χ0) is 12.6. The van der Waals surface area contributed by atoms with E-state index in [0.717, 1.165) is 4.90 Å². The van der Waals surface area contributed by atoms with Crippen molar-refractivity contribution < 1.29 is 29.1 Å². The molecule has 0 aliphatic rings. The Kier molecular flexibility index (Phi) is 6.61. The van der Waals surface area contributed by atoms with Crippen LogP contribution >= 0.6 is 0 Å². The van der Waals surface area contributed by atoms with Gasteiger partial charge < -0.3 is 14.7 Å². The van der Waals surface area contributed by atoms with Crippen molar-refractivity contribution in [2.75, 3.05) is 26.8 Å². The van der Waals surface area contributed by atoms with Crippen molar-refractivity contribution >= 4 is 18.0 Å². The van der Waals surface area contributed by atoms with E-state index in [1.165, 1.54) is 7.11 Å². The van der Waals surface area contributed by atoms with E-state index in [-0.39, 0.29) is 13.1 Å². The fraction of sp³-hybridized carbons (Fsp3) is 0.625. The van der Waals surface area contributed by atoms with E-state index >= 15 is 0 Å². The van der Waals surface area contributed by atoms with Gasteiger partial charge in [0.05, 0.1) is 7.11 Å². The number of rotatable bonds is 6. The fourth-order valence-corrected chi connectivity index (χ4v) is 0.772. The van der Waals surface area contributed by atoms with E-state index in [4.69, 9.17) is 5.11 Å². The second-order valence-electron chi connectivity index (χ2n) is 2.68. The highest BCUT2D eigenvalue weighted by Crippen LogP contribution is 1.90. The number of nitrogens with zero attached hydrogens (tertiary/aromatic N) is 1. The van der Waals surface area contributed by atoms with Crippen LogP contribution in [0.5, 0.6) is 0 Å². The van der Waals surface area contributed by atoms with Crippen LogP contribution in [0.2, 0.25) is 0 Å². The molecule has 0 saturated carbocycles. The first-order valence-electron chi connectivity index (χ1n) is 4.46. The van der Waals surface area contributed by atoms with Gasteiger partial charge in [-0.15, -0.1) is 0 Å². The molecule has 92 valence electrons. The van der Waals surface area contributed by atoms with E-state index in [2.05, 4.69) is 9.57 Å². The first-order valence-corrected chi connectivity index (χ1v) is 4.46. The van der Waals surface area contributed by atoms with Gasteiger partial charge in [-0.3, -0.25) is 9.63 Å².